The van der Waals surface area contributed by atoms with Gasteiger partial charge in [0.2, 0.25) is 0 Å². The fourth-order valence-electron chi connectivity index (χ4n) is 3.77. The number of nitrogens with one attached hydrogen (secondary N) is 1. The normalized spacial score (nSPS) is 12.0. The molecule has 0 atom stereocenters. The van der Waals surface area contributed by atoms with Crippen LogP contribution in [0, 0.1) is 6.92 Å². The number of H-pyrrole nitrogens is 1. The van der Waals surface area contributed by atoms with E-state index in [9.17, 15) is 0 Å². The zero-order valence-electron chi connectivity index (χ0n) is 16.9. The Hall–Kier alpha value is -3.37. The maximum atomic E-state index is 4.94. The molecule has 3 nitrogen and oxygen atoms in total. The number of aromatic amines is 1. The van der Waals surface area contributed by atoms with Crippen molar-refractivity contribution in [1.29, 1.82) is 0 Å². The van der Waals surface area contributed by atoms with Crippen molar-refractivity contribution < 1.29 is 0 Å². The van der Waals surface area contributed by atoms with E-state index in [-0.39, 0.29) is 0 Å². The molecule has 0 bridgehead atoms. The lowest BCUT2D eigenvalue weighted by Crippen LogP contribution is -2.17. The van der Waals surface area contributed by atoms with Gasteiger partial charge in [-0.15, -0.1) is 11.3 Å². The van der Waals surface area contributed by atoms with Crippen LogP contribution in [0.3, 0.4) is 0 Å². The minimum Gasteiger partial charge on any atom is -0.361 e. The molecule has 0 fully saturated rings. The smallest absolute Gasteiger partial charge is 0.190 e. The number of aryl methyl sites for hydroxylation is 2. The first-order chi connectivity index (χ1) is 14.8. The van der Waals surface area contributed by atoms with Gasteiger partial charge in [0.05, 0.1) is 11.4 Å². The first-order valence-electron chi connectivity index (χ1n) is 10.2. The molecule has 0 aliphatic rings. The quantitative estimate of drug-likeness (QED) is 0.345. The molecule has 0 amide bonds. The van der Waals surface area contributed by atoms with Crippen molar-refractivity contribution >= 4 is 27.9 Å². The third-order valence-electron chi connectivity index (χ3n) is 5.41. The molecule has 0 saturated heterocycles. The van der Waals surface area contributed by atoms with E-state index in [4.69, 9.17) is 4.99 Å². The first kappa shape index (κ1) is 18.6. The summed E-state index contributed by atoms with van der Waals surface area (Å²) in [7, 11) is 0. The highest BCUT2D eigenvalue weighted by molar-refractivity contribution is 7.07. The number of benzene rings is 3. The molecule has 5 aromatic rings. The summed E-state index contributed by atoms with van der Waals surface area (Å²) in [5, 5.41) is 3.52. The van der Waals surface area contributed by atoms with E-state index < -0.39 is 0 Å². The van der Waals surface area contributed by atoms with E-state index in [0.29, 0.717) is 0 Å². The predicted octanol–water partition coefficient (Wildman–Crippen LogP) is 6.48. The molecule has 30 heavy (non-hydrogen) atoms. The highest BCUT2D eigenvalue weighted by Gasteiger charge is 2.10. The van der Waals surface area contributed by atoms with Crippen molar-refractivity contribution in [2.24, 2.45) is 4.99 Å². The maximum Gasteiger partial charge on any atom is 0.190 e. The molecule has 148 valence electrons. The number of hydrogen-bond donors (Lipinski definition) is 1. The molecule has 0 radical (unpaired) electrons. The number of rotatable bonds is 5. The third-order valence-corrected chi connectivity index (χ3v) is 6.27. The van der Waals surface area contributed by atoms with Gasteiger partial charge in [-0.2, -0.15) is 0 Å². The zero-order chi connectivity index (χ0) is 20.3. The number of hydrogen-bond acceptors (Lipinski definition) is 2. The monoisotopic (exact) mass is 409 g/mol. The fourth-order valence-corrected chi connectivity index (χ4v) is 4.73. The van der Waals surface area contributed by atoms with Crippen LogP contribution in [-0.4, -0.2) is 9.55 Å². The summed E-state index contributed by atoms with van der Waals surface area (Å²) in [6.45, 7) is 3.00. The molecule has 0 saturated carbocycles. The topological polar surface area (TPSA) is 33.1 Å². The van der Waals surface area contributed by atoms with Gasteiger partial charge in [-0.05, 0) is 42.7 Å². The third kappa shape index (κ3) is 3.74. The van der Waals surface area contributed by atoms with Crippen LogP contribution < -0.4 is 4.80 Å². The summed E-state index contributed by atoms with van der Waals surface area (Å²) in [5.74, 6) is 0. The van der Waals surface area contributed by atoms with Crippen LogP contribution in [0.4, 0.5) is 5.69 Å². The summed E-state index contributed by atoms with van der Waals surface area (Å²) >= 11 is 1.70. The molecule has 2 aromatic heterocycles. The molecule has 4 heteroatoms. The van der Waals surface area contributed by atoms with Crippen LogP contribution in [0.25, 0.3) is 22.2 Å². The van der Waals surface area contributed by atoms with Crippen molar-refractivity contribution in [3.8, 4) is 11.3 Å². The van der Waals surface area contributed by atoms with Crippen molar-refractivity contribution in [3.63, 3.8) is 0 Å². The molecule has 0 aliphatic carbocycles. The number of thiazole rings is 1. The Kier molecular flexibility index (Phi) is 5.08. The van der Waals surface area contributed by atoms with E-state index >= 15 is 0 Å². The zero-order valence-corrected chi connectivity index (χ0v) is 17.7. The number of fused-ring (bicyclic) bond motifs is 1. The summed E-state index contributed by atoms with van der Waals surface area (Å²) in [4.78, 5) is 9.36. The molecule has 0 unspecified atom stereocenters. The van der Waals surface area contributed by atoms with Gasteiger partial charge in [-0.1, -0.05) is 66.2 Å². The summed E-state index contributed by atoms with van der Waals surface area (Å²) in [5.41, 5.74) is 7.23. The van der Waals surface area contributed by atoms with Gasteiger partial charge in [0, 0.05) is 29.0 Å². The molecule has 5 rings (SSSR count). The standard InChI is InChI=1S/C26H23N3S/c1-19-11-13-20(14-12-19)25-18-30-26(28-22-7-3-2-4-8-22)29(25)16-15-21-17-27-24-10-6-5-9-23(21)24/h2-14,17-18,27H,15-16H2,1H3. The largest absolute Gasteiger partial charge is 0.361 e. The van der Waals surface area contributed by atoms with Gasteiger partial charge in [0.15, 0.2) is 4.80 Å². The molecule has 0 spiro atoms. The van der Waals surface area contributed by atoms with Crippen LogP contribution in [0.5, 0.6) is 0 Å². The van der Waals surface area contributed by atoms with E-state index in [0.717, 1.165) is 23.5 Å². The van der Waals surface area contributed by atoms with Crippen LogP contribution in [-0.2, 0) is 13.0 Å². The number of para-hydroxylation sites is 2. The molecular weight excluding hydrogens is 386 g/mol. The van der Waals surface area contributed by atoms with Crippen molar-refractivity contribution in [2.45, 2.75) is 19.9 Å². The molecule has 0 aliphatic heterocycles. The average Bonchev–Trinajstić information content (AvgIpc) is 3.37. The van der Waals surface area contributed by atoms with Crippen LogP contribution in [0.1, 0.15) is 11.1 Å². The van der Waals surface area contributed by atoms with Crippen molar-refractivity contribution in [1.82, 2.24) is 9.55 Å². The minimum absolute atomic E-state index is 0.875. The second-order valence-electron chi connectivity index (χ2n) is 7.48. The Labute approximate surface area is 180 Å². The second kappa shape index (κ2) is 8.17. The highest BCUT2D eigenvalue weighted by Crippen LogP contribution is 2.23. The van der Waals surface area contributed by atoms with Crippen LogP contribution in [0.2, 0.25) is 0 Å². The summed E-state index contributed by atoms with van der Waals surface area (Å²) in [6.07, 6.45) is 3.08. The molecule has 3 aromatic carbocycles. The Morgan fingerprint density at radius 1 is 0.900 bits per heavy atom. The van der Waals surface area contributed by atoms with Gasteiger partial charge >= 0.3 is 0 Å². The Morgan fingerprint density at radius 2 is 1.67 bits per heavy atom. The lowest BCUT2D eigenvalue weighted by molar-refractivity contribution is 0.686. The van der Waals surface area contributed by atoms with Crippen molar-refractivity contribution in [3.05, 3.63) is 106 Å². The summed E-state index contributed by atoms with van der Waals surface area (Å²) in [6, 6.07) is 27.4. The Bertz CT molecular complexity index is 1340. The number of nitrogens with zero attached hydrogens (tertiary/aromatic N) is 2. The summed E-state index contributed by atoms with van der Waals surface area (Å²) < 4.78 is 2.35. The predicted molar refractivity (Wildman–Crippen MR) is 126 cm³/mol. The van der Waals surface area contributed by atoms with Gasteiger partial charge < -0.3 is 9.55 Å². The van der Waals surface area contributed by atoms with Gasteiger partial charge in [0.1, 0.15) is 0 Å². The van der Waals surface area contributed by atoms with E-state index in [2.05, 4.69) is 88.7 Å². The molecule has 1 N–H and O–H groups in total. The number of aromatic nitrogens is 2. The lowest BCUT2D eigenvalue weighted by atomic mass is 10.1. The molecule has 2 heterocycles. The van der Waals surface area contributed by atoms with Gasteiger partial charge in [-0.3, -0.25) is 0 Å². The van der Waals surface area contributed by atoms with Crippen LogP contribution >= 0.6 is 11.3 Å². The van der Waals surface area contributed by atoms with E-state index in [1.807, 2.05) is 18.2 Å². The second-order valence-corrected chi connectivity index (χ2v) is 8.31. The SMILES string of the molecule is Cc1ccc(-c2csc(=Nc3ccccc3)n2CCc2c[nH]c3ccccc23)cc1. The minimum atomic E-state index is 0.875. The maximum absolute atomic E-state index is 4.94. The lowest BCUT2D eigenvalue weighted by Gasteiger charge is -2.10. The fraction of sp³-hybridized carbons (Fsp3) is 0.115. The Morgan fingerprint density at radius 3 is 2.50 bits per heavy atom. The van der Waals surface area contributed by atoms with Crippen molar-refractivity contribution in [2.75, 3.05) is 0 Å². The van der Waals surface area contributed by atoms with E-state index in [1.54, 1.807) is 11.3 Å². The van der Waals surface area contributed by atoms with Gasteiger partial charge in [0.25, 0.3) is 0 Å². The van der Waals surface area contributed by atoms with Gasteiger partial charge in [-0.25, -0.2) is 4.99 Å². The van der Waals surface area contributed by atoms with E-state index in [1.165, 1.54) is 33.3 Å². The highest BCUT2D eigenvalue weighted by atomic mass is 32.1. The molecular formula is C26H23N3S. The Balaban J connectivity index is 1.56. The van der Waals surface area contributed by atoms with Crippen LogP contribution in [0.15, 0.2) is 95.4 Å². The average molecular weight is 410 g/mol. The first-order valence-corrected chi connectivity index (χ1v) is 11.1.